The lowest BCUT2D eigenvalue weighted by Crippen LogP contribution is -2.33. The lowest BCUT2D eigenvalue weighted by molar-refractivity contribution is 0.288. The molecule has 2 rings (SSSR count). The molecule has 0 aromatic carbocycles. The number of anilines is 1. The van der Waals surface area contributed by atoms with E-state index in [2.05, 4.69) is 28.8 Å². The summed E-state index contributed by atoms with van der Waals surface area (Å²) >= 11 is 0. The molecule has 0 radical (unpaired) electrons. The number of aliphatic hydroxyl groups is 1. The van der Waals surface area contributed by atoms with Crippen LogP contribution in [0.15, 0.2) is 24.7 Å². The number of aromatic nitrogens is 3. The van der Waals surface area contributed by atoms with Crippen molar-refractivity contribution < 1.29 is 5.11 Å². The van der Waals surface area contributed by atoms with Gasteiger partial charge in [-0.1, -0.05) is 0 Å². The van der Waals surface area contributed by atoms with Crippen LogP contribution in [0.2, 0.25) is 0 Å². The number of rotatable bonds is 5. The molecule has 0 fully saturated rings. The van der Waals surface area contributed by atoms with E-state index < -0.39 is 0 Å². The van der Waals surface area contributed by atoms with Gasteiger partial charge in [-0.15, -0.1) is 0 Å². The van der Waals surface area contributed by atoms with Gasteiger partial charge in [-0.2, -0.15) is 5.10 Å². The normalized spacial score (nSPS) is 11.3. The van der Waals surface area contributed by atoms with Gasteiger partial charge in [-0.3, -0.25) is 0 Å². The van der Waals surface area contributed by atoms with Crippen molar-refractivity contribution in [1.29, 1.82) is 0 Å². The van der Waals surface area contributed by atoms with Crippen molar-refractivity contribution in [2.75, 3.05) is 18.1 Å². The third-order valence-electron chi connectivity index (χ3n) is 2.76. The predicted octanol–water partition coefficient (Wildman–Crippen LogP) is 1.33. The van der Waals surface area contributed by atoms with Gasteiger partial charge in [-0.25, -0.2) is 9.50 Å². The molecule has 5 heteroatoms. The molecule has 2 heterocycles. The van der Waals surface area contributed by atoms with Crippen molar-refractivity contribution in [2.24, 2.45) is 0 Å². The molecular formula is C12H18N4O. The van der Waals surface area contributed by atoms with Crippen molar-refractivity contribution in [1.82, 2.24) is 14.6 Å². The fourth-order valence-corrected chi connectivity index (χ4v) is 1.91. The Morgan fingerprint density at radius 2 is 2.24 bits per heavy atom. The van der Waals surface area contributed by atoms with Crippen LogP contribution in [0.3, 0.4) is 0 Å². The van der Waals surface area contributed by atoms with Gasteiger partial charge < -0.3 is 10.0 Å². The largest absolute Gasteiger partial charge is 0.396 e. The van der Waals surface area contributed by atoms with Gasteiger partial charge >= 0.3 is 0 Å². The number of aliphatic hydroxyl groups excluding tert-OH is 1. The minimum Gasteiger partial charge on any atom is -0.396 e. The highest BCUT2D eigenvalue weighted by Crippen LogP contribution is 2.20. The van der Waals surface area contributed by atoms with E-state index in [0.29, 0.717) is 6.04 Å². The summed E-state index contributed by atoms with van der Waals surface area (Å²) in [5.74, 6) is 0.924. The van der Waals surface area contributed by atoms with E-state index in [1.54, 1.807) is 12.4 Å². The van der Waals surface area contributed by atoms with Crippen molar-refractivity contribution in [3.05, 3.63) is 24.7 Å². The van der Waals surface area contributed by atoms with Crippen molar-refractivity contribution >= 4 is 11.3 Å². The molecule has 0 amide bonds. The second-order valence-corrected chi connectivity index (χ2v) is 4.28. The fourth-order valence-electron chi connectivity index (χ4n) is 1.91. The van der Waals surface area contributed by atoms with E-state index in [0.717, 1.165) is 24.3 Å². The SMILES string of the molecule is CC(C)N(CCCO)c1nccn2nccc12. The Morgan fingerprint density at radius 3 is 2.94 bits per heavy atom. The maximum Gasteiger partial charge on any atom is 0.154 e. The van der Waals surface area contributed by atoms with Crippen LogP contribution in [0.5, 0.6) is 0 Å². The Labute approximate surface area is 101 Å². The molecule has 17 heavy (non-hydrogen) atoms. The number of nitrogens with zero attached hydrogens (tertiary/aromatic N) is 4. The third-order valence-corrected chi connectivity index (χ3v) is 2.76. The summed E-state index contributed by atoms with van der Waals surface area (Å²) < 4.78 is 1.82. The van der Waals surface area contributed by atoms with E-state index in [1.165, 1.54) is 0 Å². The molecule has 0 aliphatic carbocycles. The zero-order chi connectivity index (χ0) is 12.3. The van der Waals surface area contributed by atoms with Crippen molar-refractivity contribution in [2.45, 2.75) is 26.3 Å². The van der Waals surface area contributed by atoms with Gasteiger partial charge in [0.15, 0.2) is 5.82 Å². The Balaban J connectivity index is 2.37. The first-order valence-corrected chi connectivity index (χ1v) is 5.90. The molecule has 0 saturated heterocycles. The molecule has 0 unspecified atom stereocenters. The van der Waals surface area contributed by atoms with Gasteiger partial charge in [0.05, 0.1) is 6.20 Å². The Hall–Kier alpha value is -1.62. The van der Waals surface area contributed by atoms with E-state index in [9.17, 15) is 0 Å². The van der Waals surface area contributed by atoms with Gasteiger partial charge in [0, 0.05) is 31.6 Å². The van der Waals surface area contributed by atoms with Crippen LogP contribution in [-0.4, -0.2) is 38.9 Å². The molecule has 0 atom stereocenters. The van der Waals surface area contributed by atoms with Crippen LogP contribution < -0.4 is 4.90 Å². The molecular weight excluding hydrogens is 216 g/mol. The van der Waals surface area contributed by atoms with Crippen LogP contribution >= 0.6 is 0 Å². The molecule has 2 aromatic heterocycles. The van der Waals surface area contributed by atoms with Crippen LogP contribution in [0.25, 0.3) is 5.52 Å². The average molecular weight is 234 g/mol. The number of hydrogen-bond donors (Lipinski definition) is 1. The Bertz CT molecular complexity index is 480. The molecule has 1 N–H and O–H groups in total. The van der Waals surface area contributed by atoms with Gasteiger partial charge in [0.25, 0.3) is 0 Å². The minimum atomic E-state index is 0.200. The van der Waals surface area contributed by atoms with Crippen LogP contribution in [0.1, 0.15) is 20.3 Å². The lowest BCUT2D eigenvalue weighted by Gasteiger charge is -2.28. The summed E-state index contributed by atoms with van der Waals surface area (Å²) in [7, 11) is 0. The summed E-state index contributed by atoms with van der Waals surface area (Å²) in [4.78, 5) is 6.62. The monoisotopic (exact) mass is 234 g/mol. The first-order chi connectivity index (χ1) is 8.24. The minimum absolute atomic E-state index is 0.200. The van der Waals surface area contributed by atoms with E-state index in [-0.39, 0.29) is 6.61 Å². The second-order valence-electron chi connectivity index (χ2n) is 4.28. The maximum absolute atomic E-state index is 8.95. The van der Waals surface area contributed by atoms with Crippen LogP contribution in [-0.2, 0) is 0 Å². The van der Waals surface area contributed by atoms with Gasteiger partial charge in [0.1, 0.15) is 5.52 Å². The summed E-state index contributed by atoms with van der Waals surface area (Å²) in [6.45, 7) is 5.25. The topological polar surface area (TPSA) is 53.7 Å². The smallest absolute Gasteiger partial charge is 0.154 e. The molecule has 0 aliphatic heterocycles. The molecule has 0 spiro atoms. The average Bonchev–Trinajstić information content (AvgIpc) is 2.77. The summed E-state index contributed by atoms with van der Waals surface area (Å²) in [6, 6.07) is 2.30. The molecule has 2 aromatic rings. The van der Waals surface area contributed by atoms with Gasteiger partial charge in [-0.05, 0) is 26.3 Å². The van der Waals surface area contributed by atoms with Crippen molar-refractivity contribution in [3.8, 4) is 0 Å². The highest BCUT2D eigenvalue weighted by atomic mass is 16.3. The summed E-state index contributed by atoms with van der Waals surface area (Å²) in [6.07, 6.45) is 6.10. The van der Waals surface area contributed by atoms with Crippen LogP contribution in [0, 0.1) is 0 Å². The van der Waals surface area contributed by atoms with Crippen LogP contribution in [0.4, 0.5) is 5.82 Å². The molecule has 0 aliphatic rings. The summed E-state index contributed by atoms with van der Waals surface area (Å²) in [5.41, 5.74) is 0.999. The zero-order valence-electron chi connectivity index (χ0n) is 10.2. The third kappa shape index (κ3) is 2.39. The first kappa shape index (κ1) is 11.9. The molecule has 92 valence electrons. The fraction of sp³-hybridized carbons (Fsp3) is 0.500. The highest BCUT2D eigenvalue weighted by Gasteiger charge is 2.14. The Kier molecular flexibility index (Phi) is 3.58. The standard InChI is InChI=1S/C12H18N4O/c1-10(2)15(7-3-9-17)12-11-4-5-14-16(11)8-6-13-12/h4-6,8,10,17H,3,7,9H2,1-2H3. The summed E-state index contributed by atoms with van der Waals surface area (Å²) in [5, 5.41) is 13.2. The predicted molar refractivity (Wildman–Crippen MR) is 67.2 cm³/mol. The lowest BCUT2D eigenvalue weighted by atomic mass is 10.2. The maximum atomic E-state index is 8.95. The van der Waals surface area contributed by atoms with E-state index in [1.807, 2.05) is 16.8 Å². The first-order valence-electron chi connectivity index (χ1n) is 5.90. The molecule has 0 bridgehead atoms. The van der Waals surface area contributed by atoms with E-state index in [4.69, 9.17) is 5.11 Å². The second kappa shape index (κ2) is 5.14. The number of fused-ring (bicyclic) bond motifs is 1. The molecule has 5 nitrogen and oxygen atoms in total. The Morgan fingerprint density at radius 1 is 1.41 bits per heavy atom. The quantitative estimate of drug-likeness (QED) is 0.848. The highest BCUT2D eigenvalue weighted by molar-refractivity contribution is 5.68. The molecule has 0 saturated carbocycles. The van der Waals surface area contributed by atoms with Crippen molar-refractivity contribution in [3.63, 3.8) is 0 Å². The van der Waals surface area contributed by atoms with Gasteiger partial charge in [0.2, 0.25) is 0 Å². The number of hydrogen-bond acceptors (Lipinski definition) is 4. The van der Waals surface area contributed by atoms with E-state index >= 15 is 0 Å². The zero-order valence-corrected chi connectivity index (χ0v) is 10.2.